The van der Waals surface area contributed by atoms with Gasteiger partial charge in [-0.05, 0) is 30.2 Å². The fraction of sp³-hybridized carbons (Fsp3) is 0.333. The highest BCUT2D eigenvalue weighted by Crippen LogP contribution is 2.21. The molecule has 1 saturated heterocycles. The van der Waals surface area contributed by atoms with Crippen molar-refractivity contribution in [2.45, 2.75) is 25.5 Å². The maximum absolute atomic E-state index is 12.1. The van der Waals surface area contributed by atoms with Crippen molar-refractivity contribution in [3.8, 4) is 0 Å². The minimum atomic E-state index is -1.09. The number of likely N-dealkylation sites (tertiary alicyclic amines) is 1. The number of nitrogens with zero attached hydrogens (tertiary/aromatic N) is 1. The number of amides is 1. The maximum atomic E-state index is 12.1. The molecule has 1 heterocycles. The van der Waals surface area contributed by atoms with Crippen LogP contribution in [0, 0.1) is 6.92 Å². The van der Waals surface area contributed by atoms with Crippen LogP contribution in [0.5, 0.6) is 0 Å². The monoisotopic (exact) mass is 353 g/mol. The van der Waals surface area contributed by atoms with Crippen LogP contribution in [0.4, 0.5) is 0 Å². The fourth-order valence-corrected chi connectivity index (χ4v) is 2.94. The average Bonchev–Trinajstić information content (AvgIpc) is 2.80. The van der Waals surface area contributed by atoms with Crippen molar-refractivity contribution in [3.63, 3.8) is 0 Å². The summed E-state index contributed by atoms with van der Waals surface area (Å²) in [4.78, 5) is 24.4. The third kappa shape index (κ3) is 3.71. The van der Waals surface area contributed by atoms with Crippen molar-refractivity contribution in [2.75, 3.05) is 6.54 Å². The van der Waals surface area contributed by atoms with Crippen molar-refractivity contribution in [1.29, 1.82) is 0 Å². The highest BCUT2D eigenvalue weighted by molar-refractivity contribution is 9.10. The number of hydrogen-bond acceptors (Lipinski definition) is 3. The van der Waals surface area contributed by atoms with Crippen LogP contribution in [0.15, 0.2) is 28.7 Å². The van der Waals surface area contributed by atoms with Crippen molar-refractivity contribution in [1.82, 2.24) is 4.90 Å². The molecule has 0 saturated carbocycles. The third-order valence-corrected chi connectivity index (χ3v) is 4.10. The van der Waals surface area contributed by atoms with Crippen LogP contribution < -0.4 is 0 Å². The van der Waals surface area contributed by atoms with Crippen LogP contribution >= 0.6 is 15.9 Å². The lowest BCUT2D eigenvalue weighted by Crippen LogP contribution is -2.39. The summed E-state index contributed by atoms with van der Waals surface area (Å²) < 4.78 is 0.864. The average molecular weight is 354 g/mol. The second kappa shape index (κ2) is 6.41. The number of hydrogen-bond donors (Lipinski definition) is 2. The number of carboxylic acid groups (broad SMARTS) is 1. The zero-order valence-corrected chi connectivity index (χ0v) is 13.1. The predicted octanol–water partition coefficient (Wildman–Crippen LogP) is 1.82. The quantitative estimate of drug-likeness (QED) is 0.812. The first kappa shape index (κ1) is 15.7. The van der Waals surface area contributed by atoms with Gasteiger partial charge in [0.2, 0.25) is 5.91 Å². The number of aliphatic hydroxyl groups excluding tert-OH is 1. The predicted molar refractivity (Wildman–Crippen MR) is 81.7 cm³/mol. The van der Waals surface area contributed by atoms with E-state index in [9.17, 15) is 14.7 Å². The molecule has 2 atom stereocenters. The van der Waals surface area contributed by atoms with Gasteiger partial charge in [-0.15, -0.1) is 0 Å². The molecule has 21 heavy (non-hydrogen) atoms. The Bertz CT molecular complexity index is 599. The summed E-state index contributed by atoms with van der Waals surface area (Å²) in [6.45, 7) is 2.02. The SMILES string of the molecule is Cc1ccc(C=CC(=O)N2C[C@@H](O)C[C@H]2C(=O)O)c(Br)c1. The Balaban J connectivity index is 2.13. The van der Waals surface area contributed by atoms with E-state index in [0.29, 0.717) is 0 Å². The Labute approximate surface area is 131 Å². The normalized spacial score (nSPS) is 22.0. The number of aryl methyl sites for hydroxylation is 1. The molecule has 0 unspecified atom stereocenters. The molecule has 0 aromatic heterocycles. The van der Waals surface area contributed by atoms with Gasteiger partial charge < -0.3 is 15.1 Å². The zero-order chi connectivity index (χ0) is 15.6. The molecule has 6 heteroatoms. The van der Waals surface area contributed by atoms with Crippen molar-refractivity contribution in [3.05, 3.63) is 39.9 Å². The molecule has 2 rings (SSSR count). The van der Waals surface area contributed by atoms with Gasteiger partial charge in [-0.2, -0.15) is 0 Å². The van der Waals surface area contributed by atoms with Gasteiger partial charge in [-0.1, -0.05) is 28.1 Å². The molecule has 0 radical (unpaired) electrons. The molecule has 1 fully saturated rings. The van der Waals surface area contributed by atoms with Gasteiger partial charge in [0.05, 0.1) is 6.10 Å². The molecule has 5 nitrogen and oxygen atoms in total. The Kier molecular flexibility index (Phi) is 4.80. The standard InChI is InChI=1S/C15H16BrNO4/c1-9-2-3-10(12(16)6-9)4-5-14(19)17-8-11(18)7-13(17)15(20)21/h2-6,11,13,18H,7-8H2,1H3,(H,20,21)/t11-,13-/m0/s1. The van der Waals surface area contributed by atoms with Gasteiger partial charge in [0.25, 0.3) is 0 Å². The number of aliphatic hydroxyl groups is 1. The van der Waals surface area contributed by atoms with E-state index in [2.05, 4.69) is 15.9 Å². The summed E-state index contributed by atoms with van der Waals surface area (Å²) in [6, 6.07) is 4.77. The molecule has 1 amide bonds. The number of carboxylic acids is 1. The molecule has 1 aliphatic rings. The second-order valence-corrected chi connectivity index (χ2v) is 5.95. The molecule has 1 aliphatic heterocycles. The third-order valence-electron chi connectivity index (χ3n) is 3.41. The Morgan fingerprint density at radius 1 is 1.43 bits per heavy atom. The van der Waals surface area contributed by atoms with E-state index in [1.807, 2.05) is 25.1 Å². The van der Waals surface area contributed by atoms with E-state index < -0.39 is 24.0 Å². The number of aliphatic carboxylic acids is 1. The highest BCUT2D eigenvalue weighted by Gasteiger charge is 2.37. The summed E-state index contributed by atoms with van der Waals surface area (Å²) in [6.07, 6.45) is 2.26. The van der Waals surface area contributed by atoms with Crippen LogP contribution in [-0.2, 0) is 9.59 Å². The number of rotatable bonds is 3. The summed E-state index contributed by atoms with van der Waals surface area (Å²) >= 11 is 3.42. The number of β-amino-alcohol motifs (C(OH)–C–C–N with tert-alkyl or cyclic N) is 1. The van der Waals surface area contributed by atoms with E-state index in [4.69, 9.17) is 5.11 Å². The Hall–Kier alpha value is -1.66. The first-order chi connectivity index (χ1) is 9.88. The van der Waals surface area contributed by atoms with Gasteiger partial charge in [0.1, 0.15) is 6.04 Å². The van der Waals surface area contributed by atoms with E-state index in [0.717, 1.165) is 15.6 Å². The summed E-state index contributed by atoms with van der Waals surface area (Å²) in [7, 11) is 0. The summed E-state index contributed by atoms with van der Waals surface area (Å²) in [5.41, 5.74) is 1.93. The molecular weight excluding hydrogens is 338 g/mol. The van der Waals surface area contributed by atoms with Crippen LogP contribution in [0.1, 0.15) is 17.5 Å². The van der Waals surface area contributed by atoms with E-state index >= 15 is 0 Å². The van der Waals surface area contributed by atoms with Crippen LogP contribution in [-0.4, -0.2) is 45.7 Å². The molecule has 0 aliphatic carbocycles. The summed E-state index contributed by atoms with van der Waals surface area (Å²) in [5, 5.41) is 18.6. The van der Waals surface area contributed by atoms with Crippen molar-refractivity contribution < 1.29 is 19.8 Å². The molecule has 2 N–H and O–H groups in total. The topological polar surface area (TPSA) is 77.8 Å². The van der Waals surface area contributed by atoms with E-state index in [1.54, 1.807) is 6.08 Å². The van der Waals surface area contributed by atoms with Gasteiger partial charge in [0.15, 0.2) is 0 Å². The number of benzene rings is 1. The molecule has 0 spiro atoms. The van der Waals surface area contributed by atoms with Gasteiger partial charge in [-0.3, -0.25) is 4.79 Å². The molecule has 1 aromatic carbocycles. The van der Waals surface area contributed by atoms with Crippen LogP contribution in [0.25, 0.3) is 6.08 Å². The minimum absolute atomic E-state index is 0.0508. The molecule has 112 valence electrons. The first-order valence-corrected chi connectivity index (χ1v) is 7.33. The minimum Gasteiger partial charge on any atom is -0.480 e. The Morgan fingerprint density at radius 2 is 2.14 bits per heavy atom. The maximum Gasteiger partial charge on any atom is 0.326 e. The lowest BCUT2D eigenvalue weighted by Gasteiger charge is -2.19. The second-order valence-electron chi connectivity index (χ2n) is 5.09. The number of halogens is 1. The van der Waals surface area contributed by atoms with Gasteiger partial charge >= 0.3 is 5.97 Å². The lowest BCUT2D eigenvalue weighted by atomic mass is 10.1. The van der Waals surface area contributed by atoms with Crippen molar-refractivity contribution >= 4 is 33.9 Å². The van der Waals surface area contributed by atoms with E-state index in [-0.39, 0.29) is 13.0 Å². The lowest BCUT2D eigenvalue weighted by molar-refractivity contribution is -0.146. The smallest absolute Gasteiger partial charge is 0.326 e. The fourth-order valence-electron chi connectivity index (χ4n) is 2.32. The Morgan fingerprint density at radius 3 is 2.76 bits per heavy atom. The number of carbonyl (C=O) groups excluding carboxylic acids is 1. The highest BCUT2D eigenvalue weighted by atomic mass is 79.9. The largest absolute Gasteiger partial charge is 0.480 e. The zero-order valence-electron chi connectivity index (χ0n) is 11.5. The van der Waals surface area contributed by atoms with Crippen LogP contribution in [0.2, 0.25) is 0 Å². The van der Waals surface area contributed by atoms with Gasteiger partial charge in [0, 0.05) is 23.5 Å². The van der Waals surface area contributed by atoms with Crippen LogP contribution in [0.3, 0.4) is 0 Å². The molecule has 0 bridgehead atoms. The first-order valence-electron chi connectivity index (χ1n) is 6.54. The van der Waals surface area contributed by atoms with Gasteiger partial charge in [-0.25, -0.2) is 4.79 Å². The molecule has 1 aromatic rings. The number of carbonyl (C=O) groups is 2. The van der Waals surface area contributed by atoms with Crippen molar-refractivity contribution in [2.24, 2.45) is 0 Å². The summed E-state index contributed by atoms with van der Waals surface area (Å²) in [5.74, 6) is -1.50. The van der Waals surface area contributed by atoms with E-state index in [1.165, 1.54) is 11.0 Å². The molecular formula is C15H16BrNO4.